The van der Waals surface area contributed by atoms with Crippen LogP contribution in [0.5, 0.6) is 0 Å². The maximum absolute atomic E-state index is 11.3. The number of aliphatic carboxylic acids is 1. The summed E-state index contributed by atoms with van der Waals surface area (Å²) in [6, 6.07) is 14.0. The smallest absolute Gasteiger partial charge is 0.306 e. The van der Waals surface area contributed by atoms with Crippen LogP contribution in [0.15, 0.2) is 48.7 Å². The van der Waals surface area contributed by atoms with Crippen molar-refractivity contribution < 1.29 is 9.90 Å². The Labute approximate surface area is 213 Å². The molecule has 3 aromatic rings. The summed E-state index contributed by atoms with van der Waals surface area (Å²) in [5.74, 6) is 1.91. The first-order chi connectivity index (χ1) is 17.6. The van der Waals surface area contributed by atoms with Crippen molar-refractivity contribution in [3.63, 3.8) is 0 Å². The maximum Gasteiger partial charge on any atom is 0.306 e. The van der Waals surface area contributed by atoms with Gasteiger partial charge >= 0.3 is 5.97 Å². The van der Waals surface area contributed by atoms with Crippen LogP contribution in [0.3, 0.4) is 0 Å². The molecule has 0 spiro atoms. The van der Waals surface area contributed by atoms with Gasteiger partial charge in [0.2, 0.25) is 0 Å². The number of fused-ring (bicyclic) bond motifs is 4. The van der Waals surface area contributed by atoms with Crippen LogP contribution in [-0.4, -0.2) is 28.6 Å². The van der Waals surface area contributed by atoms with Crippen LogP contribution in [0.1, 0.15) is 78.7 Å². The number of rotatable bonds is 1. The Bertz CT molecular complexity index is 1370. The third kappa shape index (κ3) is 3.56. The van der Waals surface area contributed by atoms with Crippen molar-refractivity contribution in [3.8, 4) is 0 Å². The summed E-state index contributed by atoms with van der Waals surface area (Å²) in [6.07, 6.45) is 12.1. The molecule has 1 aromatic heterocycles. The molecule has 2 heterocycles. The van der Waals surface area contributed by atoms with E-state index in [1.54, 1.807) is 5.56 Å². The van der Waals surface area contributed by atoms with Crippen molar-refractivity contribution in [2.75, 3.05) is 6.54 Å². The van der Waals surface area contributed by atoms with Gasteiger partial charge in [0.1, 0.15) is 0 Å². The molecule has 1 saturated heterocycles. The minimum Gasteiger partial charge on any atom is -0.481 e. The number of carboxylic acid groups (broad SMARTS) is 1. The number of aromatic nitrogens is 1. The van der Waals surface area contributed by atoms with Gasteiger partial charge in [0.15, 0.2) is 0 Å². The summed E-state index contributed by atoms with van der Waals surface area (Å²) >= 11 is 0. The van der Waals surface area contributed by atoms with Gasteiger partial charge in [0, 0.05) is 29.1 Å². The second-order valence-electron chi connectivity index (χ2n) is 12.0. The highest BCUT2D eigenvalue weighted by molar-refractivity contribution is 5.88. The Morgan fingerprint density at radius 3 is 2.72 bits per heavy atom. The number of benzene rings is 2. The lowest BCUT2D eigenvalue weighted by Crippen LogP contribution is -2.46. The van der Waals surface area contributed by atoms with Gasteiger partial charge in [-0.2, -0.15) is 0 Å². The Morgan fingerprint density at radius 2 is 1.83 bits per heavy atom. The monoisotopic (exact) mass is 480 g/mol. The van der Waals surface area contributed by atoms with Crippen molar-refractivity contribution >= 4 is 22.4 Å². The van der Waals surface area contributed by atoms with Gasteiger partial charge in [0.05, 0.1) is 5.92 Å². The van der Waals surface area contributed by atoms with Gasteiger partial charge < -0.3 is 15.4 Å². The summed E-state index contributed by atoms with van der Waals surface area (Å²) < 4.78 is 0. The lowest BCUT2D eigenvalue weighted by Gasteiger charge is -2.40. The average Bonchev–Trinajstić information content (AvgIpc) is 3.51. The molecule has 5 aliphatic rings. The Kier molecular flexibility index (Phi) is 5.35. The van der Waals surface area contributed by atoms with E-state index in [2.05, 4.69) is 65.9 Å². The SMILES string of the molecule is C[C@H]1CN[C@@H]2Cc3c[nH]c4cccc(c34)[C@H]2C1.O=C(O)[C@H]1CC[C@@H]2CC3=CCc4cccc(c43)[C@H]2C1. The zero-order valence-electron chi connectivity index (χ0n) is 21.1. The highest BCUT2D eigenvalue weighted by atomic mass is 16.4. The second kappa shape index (κ2) is 8.62. The molecule has 0 amide bonds. The molecule has 186 valence electrons. The van der Waals surface area contributed by atoms with Crippen LogP contribution in [0.4, 0.5) is 0 Å². The molecular weight excluding hydrogens is 444 g/mol. The summed E-state index contributed by atoms with van der Waals surface area (Å²) in [6.45, 7) is 3.53. The summed E-state index contributed by atoms with van der Waals surface area (Å²) in [7, 11) is 0. The largest absolute Gasteiger partial charge is 0.481 e. The van der Waals surface area contributed by atoms with Crippen LogP contribution in [0.25, 0.3) is 16.5 Å². The lowest BCUT2D eigenvalue weighted by molar-refractivity contribution is -0.143. The highest BCUT2D eigenvalue weighted by Crippen LogP contribution is 2.52. The minimum absolute atomic E-state index is 0.135. The summed E-state index contributed by atoms with van der Waals surface area (Å²) in [5.41, 5.74) is 10.3. The van der Waals surface area contributed by atoms with Crippen molar-refractivity contribution in [1.82, 2.24) is 10.3 Å². The van der Waals surface area contributed by atoms with Gasteiger partial charge in [-0.25, -0.2) is 0 Å². The molecule has 2 aromatic carbocycles. The summed E-state index contributed by atoms with van der Waals surface area (Å²) in [5, 5.41) is 14.5. The minimum atomic E-state index is -0.604. The number of aromatic amines is 1. The third-order valence-corrected chi connectivity index (χ3v) is 9.83. The normalized spacial score (nSPS) is 31.4. The Morgan fingerprint density at radius 1 is 0.972 bits per heavy atom. The third-order valence-electron chi connectivity index (χ3n) is 9.83. The fourth-order valence-corrected chi connectivity index (χ4v) is 8.10. The number of carbonyl (C=O) groups is 1. The molecule has 1 saturated carbocycles. The molecule has 0 bridgehead atoms. The van der Waals surface area contributed by atoms with Gasteiger partial charge in [-0.15, -0.1) is 0 Å². The molecule has 36 heavy (non-hydrogen) atoms. The standard InChI is InChI=1S/C17H18O2.C15H18N2/c18-17(19)13-7-5-11-8-12-6-4-10-2-1-3-14(16(10)12)15(11)9-13;1-9-5-12-11-3-2-4-13-15(11)10(8-17-13)6-14(12)16-7-9/h1-3,6,11,13,15H,4-5,7-9H2,(H,18,19);2-4,8-9,12,14,16-17H,5-7H2,1H3/t11-,13+,15+;9-,12-,14-/m11/s1. The topological polar surface area (TPSA) is 65.1 Å². The lowest BCUT2D eigenvalue weighted by atomic mass is 9.64. The van der Waals surface area contributed by atoms with Gasteiger partial charge in [-0.05, 0) is 109 Å². The van der Waals surface area contributed by atoms with Crippen molar-refractivity contribution in [2.24, 2.45) is 17.8 Å². The average molecular weight is 481 g/mol. The highest BCUT2D eigenvalue weighted by Gasteiger charge is 2.40. The van der Waals surface area contributed by atoms with Crippen LogP contribution in [0.2, 0.25) is 0 Å². The van der Waals surface area contributed by atoms with Crippen LogP contribution < -0.4 is 5.32 Å². The number of piperidine rings is 1. The van der Waals surface area contributed by atoms with Crippen molar-refractivity contribution in [2.45, 2.75) is 69.7 Å². The van der Waals surface area contributed by atoms with Gasteiger partial charge in [-0.1, -0.05) is 43.3 Å². The molecule has 4 nitrogen and oxygen atoms in total. The molecule has 4 aliphatic carbocycles. The number of hydrogen-bond acceptors (Lipinski definition) is 2. The van der Waals surface area contributed by atoms with E-state index >= 15 is 0 Å². The van der Waals surface area contributed by atoms with Crippen LogP contribution >= 0.6 is 0 Å². The fraction of sp³-hybridized carbons (Fsp3) is 0.469. The number of H-pyrrole nitrogens is 1. The molecule has 0 unspecified atom stereocenters. The van der Waals surface area contributed by atoms with E-state index in [0.717, 1.165) is 31.6 Å². The number of hydrogen-bond donors (Lipinski definition) is 3. The van der Waals surface area contributed by atoms with E-state index in [1.165, 1.54) is 64.5 Å². The van der Waals surface area contributed by atoms with E-state index in [0.29, 0.717) is 23.8 Å². The van der Waals surface area contributed by atoms with E-state index in [4.69, 9.17) is 0 Å². The van der Waals surface area contributed by atoms with Gasteiger partial charge in [-0.3, -0.25) is 4.79 Å². The second-order valence-corrected chi connectivity index (χ2v) is 12.0. The van der Waals surface area contributed by atoms with E-state index < -0.39 is 5.97 Å². The van der Waals surface area contributed by atoms with Crippen molar-refractivity contribution in [3.05, 3.63) is 76.5 Å². The Balaban J connectivity index is 0.000000123. The first-order valence-corrected chi connectivity index (χ1v) is 13.9. The summed E-state index contributed by atoms with van der Waals surface area (Å²) in [4.78, 5) is 14.7. The predicted octanol–water partition coefficient (Wildman–Crippen LogP) is 6.42. The first-order valence-electron chi connectivity index (χ1n) is 13.9. The van der Waals surface area contributed by atoms with Gasteiger partial charge in [0.25, 0.3) is 0 Å². The molecular formula is C32H36N2O2. The molecule has 4 heteroatoms. The van der Waals surface area contributed by atoms with E-state index in [9.17, 15) is 9.90 Å². The van der Waals surface area contributed by atoms with Crippen LogP contribution in [-0.2, 0) is 17.6 Å². The first kappa shape index (κ1) is 22.4. The number of carboxylic acids is 1. The number of nitrogens with one attached hydrogen (secondary N) is 2. The zero-order valence-corrected chi connectivity index (χ0v) is 21.1. The molecule has 0 radical (unpaired) electrons. The molecule has 3 N–H and O–H groups in total. The fourth-order valence-electron chi connectivity index (χ4n) is 8.10. The molecule has 6 atom stereocenters. The van der Waals surface area contributed by atoms with Crippen molar-refractivity contribution in [1.29, 1.82) is 0 Å². The number of allylic oxidation sites excluding steroid dienone is 2. The zero-order chi connectivity index (χ0) is 24.4. The molecule has 8 rings (SSSR count). The predicted molar refractivity (Wildman–Crippen MR) is 144 cm³/mol. The molecule has 1 aliphatic heterocycles. The maximum atomic E-state index is 11.3. The van der Waals surface area contributed by atoms with Crippen LogP contribution in [0, 0.1) is 17.8 Å². The van der Waals surface area contributed by atoms with E-state index in [1.807, 2.05) is 0 Å². The molecule has 2 fully saturated rings. The Hall–Kier alpha value is -2.85. The van der Waals surface area contributed by atoms with E-state index in [-0.39, 0.29) is 5.92 Å². The quantitative estimate of drug-likeness (QED) is 0.377.